The summed E-state index contributed by atoms with van der Waals surface area (Å²) >= 11 is 0. The van der Waals surface area contributed by atoms with E-state index in [1.165, 1.54) is 6.92 Å². The van der Waals surface area contributed by atoms with Gasteiger partial charge in [0.2, 0.25) is 5.91 Å². The molecule has 26 heavy (non-hydrogen) atoms. The van der Waals surface area contributed by atoms with E-state index in [4.69, 9.17) is 4.42 Å². The van der Waals surface area contributed by atoms with Gasteiger partial charge in [-0.2, -0.15) is 0 Å². The third-order valence-electron chi connectivity index (χ3n) is 4.89. The third kappa shape index (κ3) is 3.37. The average molecular weight is 360 g/mol. The van der Waals surface area contributed by atoms with Crippen molar-refractivity contribution in [3.05, 3.63) is 44.6 Å². The molecule has 1 fully saturated rings. The van der Waals surface area contributed by atoms with Crippen LogP contribution in [0.3, 0.4) is 0 Å². The highest BCUT2D eigenvalue weighted by Gasteiger charge is 2.30. The van der Waals surface area contributed by atoms with E-state index in [1.54, 1.807) is 11.2 Å². The van der Waals surface area contributed by atoms with Crippen molar-refractivity contribution in [1.82, 2.24) is 9.80 Å². The van der Waals surface area contributed by atoms with Crippen molar-refractivity contribution in [2.75, 3.05) is 57.0 Å². The normalized spacial score (nSPS) is 16.3. The topological polar surface area (TPSA) is 86.1 Å². The summed E-state index contributed by atoms with van der Waals surface area (Å²) in [5.74, 6) is 0.818. The van der Waals surface area contributed by atoms with E-state index >= 15 is 0 Å². The number of nitrogens with zero attached hydrogens (tertiary/aromatic N) is 3. The highest BCUT2D eigenvalue weighted by atomic mass is 16.3. The lowest BCUT2D eigenvalue weighted by Gasteiger charge is -2.36. The van der Waals surface area contributed by atoms with Gasteiger partial charge in [0.15, 0.2) is 0 Å². The minimum atomic E-state index is -0.481. The Balaban J connectivity index is 1.70. The Morgan fingerprint density at radius 1 is 1.23 bits per heavy atom. The van der Waals surface area contributed by atoms with Crippen molar-refractivity contribution >= 4 is 17.3 Å². The Bertz CT molecular complexity index is 828. The van der Waals surface area contributed by atoms with Gasteiger partial charge >= 0.3 is 0 Å². The van der Waals surface area contributed by atoms with Gasteiger partial charge in [-0.3, -0.25) is 19.3 Å². The van der Waals surface area contributed by atoms with Crippen LogP contribution in [0.5, 0.6) is 0 Å². The first kappa shape index (κ1) is 18.2. The number of carbonyl (C=O) groups is 1. The zero-order valence-electron chi connectivity index (χ0n) is 15.3. The highest BCUT2D eigenvalue weighted by molar-refractivity contribution is 5.77. The molecular weight excluding hydrogens is 336 g/mol. The SMILES string of the molecule is CC(=O)N1CCN(c2c(NC[C@H](c3ccco3)N(C)C)c(=O)c2=O)CC1. The quantitative estimate of drug-likeness (QED) is 0.740. The summed E-state index contributed by atoms with van der Waals surface area (Å²) in [6.07, 6.45) is 1.61. The standard InChI is InChI=1S/C18H24N4O4/c1-12(23)21-6-8-22(9-7-21)16-15(17(24)18(16)25)19-11-13(20(2)3)14-5-4-10-26-14/h4-5,10,13,19H,6-9,11H2,1-3H3/t13-/m1/s1. The number of likely N-dealkylation sites (N-methyl/N-ethyl adjacent to an activating group) is 1. The first-order chi connectivity index (χ1) is 12.4. The lowest BCUT2D eigenvalue weighted by atomic mass is 10.1. The predicted molar refractivity (Wildman–Crippen MR) is 99.4 cm³/mol. The minimum absolute atomic E-state index is 0.0280. The van der Waals surface area contributed by atoms with Crippen LogP contribution in [-0.4, -0.2) is 62.5 Å². The summed E-state index contributed by atoms with van der Waals surface area (Å²) < 4.78 is 5.47. The smallest absolute Gasteiger partial charge is 0.253 e. The van der Waals surface area contributed by atoms with E-state index in [0.29, 0.717) is 44.1 Å². The predicted octanol–water partition coefficient (Wildman–Crippen LogP) is 0.259. The monoisotopic (exact) mass is 360 g/mol. The van der Waals surface area contributed by atoms with Crippen LogP contribution in [0.1, 0.15) is 18.7 Å². The molecule has 1 aromatic heterocycles. The van der Waals surface area contributed by atoms with Crippen LogP contribution in [-0.2, 0) is 4.79 Å². The van der Waals surface area contributed by atoms with Gasteiger partial charge in [-0.15, -0.1) is 0 Å². The summed E-state index contributed by atoms with van der Waals surface area (Å²) in [4.78, 5) is 41.2. The largest absolute Gasteiger partial charge is 0.468 e. The number of amides is 1. The van der Waals surface area contributed by atoms with E-state index in [2.05, 4.69) is 5.32 Å². The Morgan fingerprint density at radius 2 is 1.92 bits per heavy atom. The van der Waals surface area contributed by atoms with Crippen LogP contribution in [0.2, 0.25) is 0 Å². The zero-order valence-corrected chi connectivity index (χ0v) is 15.3. The summed E-state index contributed by atoms with van der Waals surface area (Å²) in [5.41, 5.74) is -0.131. The maximum absolute atomic E-state index is 12.1. The number of rotatable bonds is 6. The van der Waals surface area contributed by atoms with Crippen molar-refractivity contribution in [2.45, 2.75) is 13.0 Å². The highest BCUT2D eigenvalue weighted by Crippen LogP contribution is 2.24. The molecule has 1 aliphatic rings. The van der Waals surface area contributed by atoms with Gasteiger partial charge in [-0.1, -0.05) is 0 Å². The molecule has 0 saturated carbocycles. The third-order valence-corrected chi connectivity index (χ3v) is 4.89. The molecule has 1 saturated heterocycles. The number of anilines is 2. The zero-order chi connectivity index (χ0) is 18.8. The maximum atomic E-state index is 12.1. The van der Waals surface area contributed by atoms with E-state index < -0.39 is 10.9 Å². The Hall–Kier alpha value is -2.61. The van der Waals surface area contributed by atoms with Crippen LogP contribution < -0.4 is 21.1 Å². The summed E-state index contributed by atoms with van der Waals surface area (Å²) in [6.45, 7) is 4.20. The molecule has 8 heteroatoms. The first-order valence-electron chi connectivity index (χ1n) is 8.67. The molecule has 1 amide bonds. The molecule has 0 aliphatic carbocycles. The van der Waals surface area contributed by atoms with Crippen LogP contribution >= 0.6 is 0 Å². The summed E-state index contributed by atoms with van der Waals surface area (Å²) in [5, 5.41) is 3.14. The molecule has 2 heterocycles. The Labute approximate surface area is 151 Å². The number of carbonyl (C=O) groups excluding carboxylic acids is 1. The van der Waals surface area contributed by atoms with Crippen LogP contribution in [0.15, 0.2) is 32.4 Å². The van der Waals surface area contributed by atoms with E-state index in [-0.39, 0.29) is 11.9 Å². The fraction of sp³-hybridized carbons (Fsp3) is 0.500. The second kappa shape index (κ2) is 7.33. The van der Waals surface area contributed by atoms with Gasteiger partial charge in [0.1, 0.15) is 17.1 Å². The molecule has 1 aliphatic heterocycles. The molecule has 0 unspecified atom stereocenters. The van der Waals surface area contributed by atoms with Gasteiger partial charge in [-0.05, 0) is 26.2 Å². The van der Waals surface area contributed by atoms with Gasteiger partial charge < -0.3 is 19.5 Å². The molecular formula is C18H24N4O4. The summed E-state index contributed by atoms with van der Waals surface area (Å²) in [7, 11) is 3.86. The second-order valence-electron chi connectivity index (χ2n) is 6.75. The van der Waals surface area contributed by atoms with E-state index in [9.17, 15) is 14.4 Å². The second-order valence-corrected chi connectivity index (χ2v) is 6.75. The summed E-state index contributed by atoms with van der Waals surface area (Å²) in [6, 6.07) is 3.65. The van der Waals surface area contributed by atoms with E-state index in [0.717, 1.165) is 5.76 Å². The molecule has 3 rings (SSSR count). The Morgan fingerprint density at radius 3 is 2.46 bits per heavy atom. The van der Waals surface area contributed by atoms with Crippen LogP contribution in [0.25, 0.3) is 0 Å². The van der Waals surface area contributed by atoms with Gasteiger partial charge in [0.25, 0.3) is 10.9 Å². The van der Waals surface area contributed by atoms with Crippen molar-refractivity contribution in [1.29, 1.82) is 0 Å². The van der Waals surface area contributed by atoms with Crippen molar-refractivity contribution in [3.8, 4) is 0 Å². The van der Waals surface area contributed by atoms with Crippen molar-refractivity contribution in [3.63, 3.8) is 0 Å². The molecule has 0 bridgehead atoms. The fourth-order valence-electron chi connectivity index (χ4n) is 3.31. The number of nitrogens with one attached hydrogen (secondary N) is 1. The first-order valence-corrected chi connectivity index (χ1v) is 8.67. The van der Waals surface area contributed by atoms with Gasteiger partial charge in [0.05, 0.1) is 12.3 Å². The molecule has 0 spiro atoms. The number of hydrogen-bond donors (Lipinski definition) is 1. The maximum Gasteiger partial charge on any atom is 0.253 e. The van der Waals surface area contributed by atoms with Crippen molar-refractivity contribution < 1.29 is 9.21 Å². The lowest BCUT2D eigenvalue weighted by molar-refractivity contribution is -0.129. The molecule has 140 valence electrons. The van der Waals surface area contributed by atoms with Crippen LogP contribution in [0.4, 0.5) is 11.4 Å². The average Bonchev–Trinajstić information content (AvgIpc) is 3.14. The molecule has 0 radical (unpaired) electrons. The fourth-order valence-corrected chi connectivity index (χ4v) is 3.31. The molecule has 8 nitrogen and oxygen atoms in total. The molecule has 1 N–H and O–H groups in total. The molecule has 2 aromatic rings. The number of piperazine rings is 1. The van der Waals surface area contributed by atoms with Crippen molar-refractivity contribution in [2.24, 2.45) is 0 Å². The number of hydrogen-bond acceptors (Lipinski definition) is 7. The molecule has 1 atom stereocenters. The van der Waals surface area contributed by atoms with E-state index in [1.807, 2.05) is 36.0 Å². The van der Waals surface area contributed by atoms with Gasteiger partial charge in [0, 0.05) is 39.6 Å². The number of furan rings is 1. The lowest BCUT2D eigenvalue weighted by Crippen LogP contribution is -2.52. The van der Waals surface area contributed by atoms with Gasteiger partial charge in [-0.25, -0.2) is 0 Å². The Kier molecular flexibility index (Phi) is 5.13. The molecule has 1 aromatic carbocycles. The van der Waals surface area contributed by atoms with Crippen LogP contribution in [0, 0.1) is 0 Å². The minimum Gasteiger partial charge on any atom is -0.468 e.